The number of hydrogen-bond donors (Lipinski definition) is 1. The second kappa shape index (κ2) is 9.60. The molecule has 2 aliphatic rings. The molecule has 33 heavy (non-hydrogen) atoms. The van der Waals surface area contributed by atoms with Crippen LogP contribution < -0.4 is 10.1 Å². The van der Waals surface area contributed by atoms with Crippen molar-refractivity contribution in [3.8, 4) is 5.75 Å². The highest BCUT2D eigenvalue weighted by Gasteiger charge is 2.24. The molecule has 1 fully saturated rings. The summed E-state index contributed by atoms with van der Waals surface area (Å²) in [6, 6.07) is 14.8. The van der Waals surface area contributed by atoms with Gasteiger partial charge in [-0.2, -0.15) is 0 Å². The first-order chi connectivity index (χ1) is 16.1. The van der Waals surface area contributed by atoms with Gasteiger partial charge in [0.25, 0.3) is 5.91 Å². The highest BCUT2D eigenvalue weighted by atomic mass is 16.5. The molecule has 3 aromatic rings. The molecule has 174 valence electrons. The van der Waals surface area contributed by atoms with E-state index in [1.165, 1.54) is 27.7 Å². The number of benzene rings is 2. The normalized spacial score (nSPS) is 17.1. The molecular formula is C28H35N3O2. The van der Waals surface area contributed by atoms with E-state index in [1.54, 1.807) is 0 Å². The van der Waals surface area contributed by atoms with Crippen molar-refractivity contribution in [2.75, 3.05) is 26.2 Å². The lowest BCUT2D eigenvalue weighted by Gasteiger charge is -2.30. The lowest BCUT2D eigenvalue weighted by molar-refractivity contribution is 0.0697. The zero-order valence-electron chi connectivity index (χ0n) is 19.9. The summed E-state index contributed by atoms with van der Waals surface area (Å²) in [6.07, 6.45) is 4.39. The summed E-state index contributed by atoms with van der Waals surface area (Å²) < 4.78 is 8.08. The molecule has 2 aliphatic heterocycles. The molecule has 0 unspecified atom stereocenters. The van der Waals surface area contributed by atoms with Crippen LogP contribution in [-0.4, -0.2) is 41.6 Å². The number of likely N-dealkylation sites (tertiary alicyclic amines) is 1. The number of nitrogens with zero attached hydrogens (tertiary/aromatic N) is 2. The van der Waals surface area contributed by atoms with Crippen molar-refractivity contribution < 1.29 is 9.53 Å². The largest absolute Gasteiger partial charge is 0.494 e. The van der Waals surface area contributed by atoms with Gasteiger partial charge >= 0.3 is 0 Å². The number of nitrogens with one attached hydrogen (secondary N) is 1. The van der Waals surface area contributed by atoms with Crippen molar-refractivity contribution in [2.45, 2.75) is 52.6 Å². The minimum Gasteiger partial charge on any atom is -0.494 e. The second-order valence-electron chi connectivity index (χ2n) is 9.58. The molecule has 3 heterocycles. The Morgan fingerprint density at radius 2 is 1.91 bits per heavy atom. The molecule has 5 rings (SSSR count). The van der Waals surface area contributed by atoms with Crippen molar-refractivity contribution in [3.63, 3.8) is 0 Å². The molecule has 1 N–H and O–H groups in total. The summed E-state index contributed by atoms with van der Waals surface area (Å²) in [5.41, 5.74) is 6.07. The molecule has 0 bridgehead atoms. The highest BCUT2D eigenvalue weighted by molar-refractivity contribution is 5.99. The van der Waals surface area contributed by atoms with Crippen molar-refractivity contribution in [2.24, 2.45) is 5.92 Å². The van der Waals surface area contributed by atoms with Crippen LogP contribution in [0.1, 0.15) is 60.3 Å². The molecule has 0 radical (unpaired) electrons. The molecule has 0 aliphatic carbocycles. The second-order valence-corrected chi connectivity index (χ2v) is 9.58. The first-order valence-electron chi connectivity index (χ1n) is 12.5. The maximum Gasteiger partial charge on any atom is 0.253 e. The lowest BCUT2D eigenvalue weighted by Crippen LogP contribution is -2.37. The quantitative estimate of drug-likeness (QED) is 0.601. The SMILES string of the molecule is CCOc1ccc(Cn2c3c(c4cc(C(=O)N5CCC(C)CC5)ccc42)CNCCC3)cc1. The van der Waals surface area contributed by atoms with Crippen LogP contribution in [0.3, 0.4) is 0 Å². The topological polar surface area (TPSA) is 46.5 Å². The zero-order chi connectivity index (χ0) is 22.8. The molecule has 5 nitrogen and oxygen atoms in total. The van der Waals surface area contributed by atoms with E-state index in [0.29, 0.717) is 6.61 Å². The molecule has 0 atom stereocenters. The first-order valence-corrected chi connectivity index (χ1v) is 12.5. The number of fused-ring (bicyclic) bond motifs is 3. The van der Waals surface area contributed by atoms with Crippen LogP contribution in [0, 0.1) is 5.92 Å². The maximum absolute atomic E-state index is 13.3. The third kappa shape index (κ3) is 4.51. The number of piperidine rings is 1. The van der Waals surface area contributed by atoms with E-state index in [4.69, 9.17) is 4.74 Å². The number of carbonyl (C=O) groups is 1. The van der Waals surface area contributed by atoms with E-state index >= 15 is 0 Å². The summed E-state index contributed by atoms with van der Waals surface area (Å²) in [4.78, 5) is 15.3. The van der Waals surface area contributed by atoms with Crippen LogP contribution in [0.5, 0.6) is 5.75 Å². The van der Waals surface area contributed by atoms with Crippen molar-refractivity contribution in [1.29, 1.82) is 0 Å². The Bertz CT molecular complexity index is 1120. The number of carbonyl (C=O) groups excluding carboxylic acids is 1. The third-order valence-electron chi connectivity index (χ3n) is 7.25. The summed E-state index contributed by atoms with van der Waals surface area (Å²) >= 11 is 0. The first kappa shape index (κ1) is 22.0. The fourth-order valence-electron chi connectivity index (χ4n) is 5.30. The van der Waals surface area contributed by atoms with Gasteiger partial charge in [-0.1, -0.05) is 19.1 Å². The number of ether oxygens (including phenoxy) is 1. The van der Waals surface area contributed by atoms with Gasteiger partial charge in [0.1, 0.15) is 5.75 Å². The standard InChI is InChI=1S/C28H35N3O2/c1-3-33-23-9-6-21(7-10-23)19-31-26-5-4-14-29-18-25(26)24-17-22(8-11-27(24)31)28(32)30-15-12-20(2)13-16-30/h6-11,17,20,29H,3-5,12-16,18-19H2,1-2H3. The molecule has 1 aromatic heterocycles. The zero-order valence-corrected chi connectivity index (χ0v) is 19.9. The van der Waals surface area contributed by atoms with Crippen LogP contribution >= 0.6 is 0 Å². The molecule has 1 saturated heterocycles. The van der Waals surface area contributed by atoms with E-state index in [-0.39, 0.29) is 5.91 Å². The van der Waals surface area contributed by atoms with Crippen LogP contribution in [-0.2, 0) is 19.5 Å². The average Bonchev–Trinajstić information content (AvgIpc) is 2.97. The van der Waals surface area contributed by atoms with Gasteiger partial charge in [0.2, 0.25) is 0 Å². The van der Waals surface area contributed by atoms with Crippen molar-refractivity contribution in [3.05, 3.63) is 64.8 Å². The summed E-state index contributed by atoms with van der Waals surface area (Å²) in [7, 11) is 0. The third-order valence-corrected chi connectivity index (χ3v) is 7.25. The Labute approximate surface area is 196 Å². The van der Waals surface area contributed by atoms with Gasteiger partial charge in [-0.05, 0) is 86.5 Å². The van der Waals surface area contributed by atoms with Crippen LogP contribution in [0.2, 0.25) is 0 Å². The monoisotopic (exact) mass is 445 g/mol. The maximum atomic E-state index is 13.3. The van der Waals surface area contributed by atoms with Crippen LogP contribution in [0.15, 0.2) is 42.5 Å². The Balaban J connectivity index is 1.50. The Kier molecular flexibility index (Phi) is 6.41. The predicted molar refractivity (Wildman–Crippen MR) is 133 cm³/mol. The smallest absolute Gasteiger partial charge is 0.253 e. The van der Waals surface area contributed by atoms with Gasteiger partial charge < -0.3 is 19.5 Å². The van der Waals surface area contributed by atoms with Crippen molar-refractivity contribution in [1.82, 2.24) is 14.8 Å². The van der Waals surface area contributed by atoms with Gasteiger partial charge in [0.15, 0.2) is 0 Å². The van der Waals surface area contributed by atoms with Crippen LogP contribution in [0.4, 0.5) is 0 Å². The van der Waals surface area contributed by atoms with Gasteiger partial charge in [-0.25, -0.2) is 0 Å². The molecule has 0 saturated carbocycles. The molecule has 1 amide bonds. The Morgan fingerprint density at radius 3 is 2.67 bits per heavy atom. The molecule has 2 aromatic carbocycles. The minimum absolute atomic E-state index is 0.179. The van der Waals surface area contributed by atoms with E-state index < -0.39 is 0 Å². The van der Waals surface area contributed by atoms with E-state index in [2.05, 4.69) is 53.2 Å². The van der Waals surface area contributed by atoms with Crippen molar-refractivity contribution >= 4 is 16.8 Å². The van der Waals surface area contributed by atoms with Gasteiger partial charge in [-0.15, -0.1) is 0 Å². The number of rotatable bonds is 5. The summed E-state index contributed by atoms with van der Waals surface area (Å²) in [5.74, 6) is 1.81. The summed E-state index contributed by atoms with van der Waals surface area (Å²) in [5, 5.41) is 4.81. The highest BCUT2D eigenvalue weighted by Crippen LogP contribution is 2.31. The fourth-order valence-corrected chi connectivity index (χ4v) is 5.30. The average molecular weight is 446 g/mol. The Morgan fingerprint density at radius 1 is 1.12 bits per heavy atom. The van der Waals surface area contributed by atoms with Crippen LogP contribution in [0.25, 0.3) is 10.9 Å². The summed E-state index contributed by atoms with van der Waals surface area (Å²) in [6.45, 7) is 9.43. The van der Waals surface area contributed by atoms with E-state index in [9.17, 15) is 4.79 Å². The fraction of sp³-hybridized carbons (Fsp3) is 0.464. The van der Waals surface area contributed by atoms with E-state index in [1.807, 2.05) is 17.9 Å². The number of aromatic nitrogens is 1. The predicted octanol–water partition coefficient (Wildman–Crippen LogP) is 5.00. The number of amides is 1. The van der Waals surface area contributed by atoms with Gasteiger partial charge in [0, 0.05) is 48.3 Å². The molecule has 0 spiro atoms. The molecular weight excluding hydrogens is 410 g/mol. The Hall–Kier alpha value is -2.79. The minimum atomic E-state index is 0.179. The number of hydrogen-bond acceptors (Lipinski definition) is 3. The van der Waals surface area contributed by atoms with Gasteiger partial charge in [-0.3, -0.25) is 4.79 Å². The molecule has 5 heteroatoms. The lowest BCUT2D eigenvalue weighted by atomic mass is 9.98. The van der Waals surface area contributed by atoms with E-state index in [0.717, 1.165) is 75.6 Å². The van der Waals surface area contributed by atoms with Gasteiger partial charge in [0.05, 0.1) is 6.61 Å².